The number of guanidine groups is 1. The molecule has 0 aliphatic rings. The molecule has 138 valence electrons. The Labute approximate surface area is 140 Å². The standard InChI is InChI=1S/C15H26F3N5O/c1-14(2,3)11(24-6)8-21-13(19-4)20-7-10-9-23(5)22-12(10)15(16,17)18/h9,11H,7-8H2,1-6H3,(H2,19,20,21). The minimum absolute atomic E-state index is 0.0322. The smallest absolute Gasteiger partial charge is 0.379 e. The van der Waals surface area contributed by atoms with Crippen LogP contribution in [0.3, 0.4) is 0 Å². The van der Waals surface area contributed by atoms with Crippen molar-refractivity contribution in [2.24, 2.45) is 17.5 Å². The zero-order valence-corrected chi connectivity index (χ0v) is 15.0. The molecular weight excluding hydrogens is 323 g/mol. The van der Waals surface area contributed by atoms with Gasteiger partial charge in [0.25, 0.3) is 0 Å². The van der Waals surface area contributed by atoms with Crippen LogP contribution in [0.1, 0.15) is 32.0 Å². The van der Waals surface area contributed by atoms with E-state index in [0.29, 0.717) is 12.5 Å². The summed E-state index contributed by atoms with van der Waals surface area (Å²) >= 11 is 0. The zero-order chi connectivity index (χ0) is 18.5. The van der Waals surface area contributed by atoms with Gasteiger partial charge in [0.15, 0.2) is 11.7 Å². The van der Waals surface area contributed by atoms with Gasteiger partial charge in [-0.05, 0) is 5.41 Å². The number of nitrogens with one attached hydrogen (secondary N) is 2. The quantitative estimate of drug-likeness (QED) is 0.632. The highest BCUT2D eigenvalue weighted by molar-refractivity contribution is 5.79. The molecule has 6 nitrogen and oxygen atoms in total. The Morgan fingerprint density at radius 1 is 1.33 bits per heavy atom. The van der Waals surface area contributed by atoms with E-state index in [1.807, 2.05) is 20.8 Å². The zero-order valence-electron chi connectivity index (χ0n) is 15.0. The lowest BCUT2D eigenvalue weighted by Gasteiger charge is -2.30. The molecule has 0 saturated carbocycles. The van der Waals surface area contributed by atoms with Gasteiger partial charge in [-0.25, -0.2) is 0 Å². The molecule has 0 aliphatic carbocycles. The van der Waals surface area contributed by atoms with Gasteiger partial charge >= 0.3 is 6.18 Å². The second kappa shape index (κ2) is 7.87. The molecule has 0 radical (unpaired) electrons. The molecule has 0 aliphatic heterocycles. The lowest BCUT2D eigenvalue weighted by molar-refractivity contribution is -0.142. The van der Waals surface area contributed by atoms with Crippen molar-refractivity contribution in [3.8, 4) is 0 Å². The number of hydrogen-bond acceptors (Lipinski definition) is 3. The Morgan fingerprint density at radius 3 is 2.42 bits per heavy atom. The molecule has 0 bridgehead atoms. The lowest BCUT2D eigenvalue weighted by Crippen LogP contribution is -2.45. The minimum Gasteiger partial charge on any atom is -0.379 e. The summed E-state index contributed by atoms with van der Waals surface area (Å²) in [5.74, 6) is 0.401. The van der Waals surface area contributed by atoms with Gasteiger partial charge in [-0.3, -0.25) is 9.67 Å². The first-order chi connectivity index (χ1) is 11.0. The lowest BCUT2D eigenvalue weighted by atomic mass is 9.89. The van der Waals surface area contributed by atoms with Crippen LogP contribution >= 0.6 is 0 Å². The van der Waals surface area contributed by atoms with Gasteiger partial charge in [0.2, 0.25) is 0 Å². The Balaban J connectivity index is 2.69. The molecule has 9 heteroatoms. The number of aryl methyl sites for hydroxylation is 1. The summed E-state index contributed by atoms with van der Waals surface area (Å²) in [4.78, 5) is 4.02. The Hall–Kier alpha value is -1.77. The molecule has 0 fully saturated rings. The Morgan fingerprint density at radius 2 is 1.96 bits per heavy atom. The summed E-state index contributed by atoms with van der Waals surface area (Å²) in [5, 5.41) is 9.42. The third-order valence-electron chi connectivity index (χ3n) is 3.55. The topological polar surface area (TPSA) is 63.5 Å². The molecule has 0 spiro atoms. The SMILES string of the molecule is CN=C(NCc1cn(C)nc1C(F)(F)F)NCC(OC)C(C)(C)C. The number of methoxy groups -OCH3 is 1. The minimum atomic E-state index is -4.48. The molecule has 1 heterocycles. The first kappa shape index (κ1) is 20.3. The highest BCUT2D eigenvalue weighted by Gasteiger charge is 2.36. The molecule has 1 rings (SSSR count). The van der Waals surface area contributed by atoms with Gasteiger partial charge < -0.3 is 15.4 Å². The molecule has 1 aromatic rings. The number of alkyl halides is 3. The summed E-state index contributed by atoms with van der Waals surface area (Å²) < 4.78 is 45.4. The van der Waals surface area contributed by atoms with Crippen LogP contribution in [0.4, 0.5) is 13.2 Å². The number of rotatable bonds is 5. The van der Waals surface area contributed by atoms with Crippen LogP contribution in [0.5, 0.6) is 0 Å². The van der Waals surface area contributed by atoms with Crippen LogP contribution < -0.4 is 10.6 Å². The van der Waals surface area contributed by atoms with E-state index in [1.54, 1.807) is 14.2 Å². The van der Waals surface area contributed by atoms with E-state index < -0.39 is 11.9 Å². The predicted octanol–water partition coefficient (Wildman–Crippen LogP) is 2.16. The largest absolute Gasteiger partial charge is 0.435 e. The van der Waals surface area contributed by atoms with Crippen LogP contribution in [0.2, 0.25) is 0 Å². The highest BCUT2D eigenvalue weighted by Crippen LogP contribution is 2.30. The number of halogens is 3. The van der Waals surface area contributed by atoms with Crippen LogP contribution in [-0.2, 0) is 24.5 Å². The molecular formula is C15H26F3N5O. The summed E-state index contributed by atoms with van der Waals surface area (Å²) in [6.45, 7) is 6.59. The number of aromatic nitrogens is 2. The highest BCUT2D eigenvalue weighted by atomic mass is 19.4. The van der Waals surface area contributed by atoms with Crippen LogP contribution in [-0.4, -0.2) is 42.5 Å². The van der Waals surface area contributed by atoms with Crippen molar-refractivity contribution < 1.29 is 17.9 Å². The number of nitrogens with zero attached hydrogens (tertiary/aromatic N) is 3. The van der Waals surface area contributed by atoms with Crippen molar-refractivity contribution in [1.29, 1.82) is 0 Å². The summed E-state index contributed by atoms with van der Waals surface area (Å²) in [7, 11) is 4.64. The fourth-order valence-corrected chi connectivity index (χ4v) is 2.24. The van der Waals surface area contributed by atoms with Gasteiger partial charge in [0, 0.05) is 46.1 Å². The first-order valence-corrected chi connectivity index (χ1v) is 7.56. The van der Waals surface area contributed by atoms with Gasteiger partial charge in [0.1, 0.15) is 0 Å². The van der Waals surface area contributed by atoms with Gasteiger partial charge in [-0.1, -0.05) is 20.8 Å². The Kier molecular flexibility index (Phi) is 6.65. The monoisotopic (exact) mass is 349 g/mol. The van der Waals surface area contributed by atoms with E-state index in [4.69, 9.17) is 4.74 Å². The second-order valence-corrected chi connectivity index (χ2v) is 6.57. The fourth-order valence-electron chi connectivity index (χ4n) is 2.24. The third kappa shape index (κ3) is 5.70. The van der Waals surface area contributed by atoms with E-state index in [9.17, 15) is 13.2 Å². The summed E-state index contributed by atoms with van der Waals surface area (Å²) in [5.41, 5.74) is -0.905. The van der Waals surface area contributed by atoms with Crippen molar-refractivity contribution >= 4 is 5.96 Å². The average Bonchev–Trinajstić information content (AvgIpc) is 2.82. The normalized spacial score (nSPS) is 14.6. The molecule has 2 N–H and O–H groups in total. The van der Waals surface area contributed by atoms with E-state index >= 15 is 0 Å². The maximum absolute atomic E-state index is 12.9. The van der Waals surface area contributed by atoms with Crippen LogP contribution in [0.15, 0.2) is 11.2 Å². The first-order valence-electron chi connectivity index (χ1n) is 7.56. The molecule has 24 heavy (non-hydrogen) atoms. The van der Waals surface area contributed by atoms with E-state index in [-0.39, 0.29) is 23.6 Å². The van der Waals surface area contributed by atoms with E-state index in [2.05, 4.69) is 20.7 Å². The van der Waals surface area contributed by atoms with Crippen LogP contribution in [0.25, 0.3) is 0 Å². The van der Waals surface area contributed by atoms with Crippen molar-refractivity contribution in [3.05, 3.63) is 17.5 Å². The number of ether oxygens (including phenoxy) is 1. The second-order valence-electron chi connectivity index (χ2n) is 6.57. The van der Waals surface area contributed by atoms with Gasteiger partial charge in [0.05, 0.1) is 6.10 Å². The van der Waals surface area contributed by atoms with Gasteiger partial charge in [-0.15, -0.1) is 0 Å². The van der Waals surface area contributed by atoms with Gasteiger partial charge in [-0.2, -0.15) is 18.3 Å². The molecule has 1 aromatic heterocycles. The Bertz CT molecular complexity index is 560. The maximum atomic E-state index is 12.9. The molecule has 1 atom stereocenters. The predicted molar refractivity (Wildman–Crippen MR) is 86.7 cm³/mol. The number of aliphatic imine (C=N–C) groups is 1. The summed E-state index contributed by atoms with van der Waals surface area (Å²) in [6, 6.07) is 0. The van der Waals surface area contributed by atoms with E-state index in [0.717, 1.165) is 4.68 Å². The molecule has 0 aromatic carbocycles. The fraction of sp³-hybridized carbons (Fsp3) is 0.733. The molecule has 0 saturated heterocycles. The third-order valence-corrected chi connectivity index (χ3v) is 3.55. The number of hydrogen-bond donors (Lipinski definition) is 2. The van der Waals surface area contributed by atoms with Crippen molar-refractivity contribution in [1.82, 2.24) is 20.4 Å². The molecule has 1 unspecified atom stereocenters. The summed E-state index contributed by atoms with van der Waals surface area (Å²) in [6.07, 6.45) is -3.21. The maximum Gasteiger partial charge on any atom is 0.435 e. The van der Waals surface area contributed by atoms with Crippen molar-refractivity contribution in [2.75, 3.05) is 20.7 Å². The average molecular weight is 349 g/mol. The molecule has 0 amide bonds. The van der Waals surface area contributed by atoms with Crippen molar-refractivity contribution in [2.45, 2.75) is 39.6 Å². The van der Waals surface area contributed by atoms with Crippen molar-refractivity contribution in [3.63, 3.8) is 0 Å². The van der Waals surface area contributed by atoms with E-state index in [1.165, 1.54) is 13.2 Å². The van der Waals surface area contributed by atoms with Crippen LogP contribution in [0, 0.1) is 5.41 Å².